The van der Waals surface area contributed by atoms with Crippen LogP contribution >= 0.6 is 11.8 Å². The largest absolute Gasteiger partial charge is 0.478 e. The molecule has 3 rings (SSSR count). The maximum absolute atomic E-state index is 12.5. The molecule has 7 heteroatoms. The highest BCUT2D eigenvalue weighted by Crippen LogP contribution is 2.34. The lowest BCUT2D eigenvalue weighted by Gasteiger charge is -2.12. The number of hydrogen-bond acceptors (Lipinski definition) is 5. The number of amides is 1. The van der Waals surface area contributed by atoms with E-state index in [1.165, 1.54) is 23.9 Å². The Morgan fingerprint density at radius 1 is 1.38 bits per heavy atom. The average molecular weight is 342 g/mol. The van der Waals surface area contributed by atoms with Crippen molar-refractivity contribution in [3.8, 4) is 0 Å². The highest BCUT2D eigenvalue weighted by molar-refractivity contribution is 8.18. The van der Waals surface area contributed by atoms with E-state index >= 15 is 0 Å². The van der Waals surface area contributed by atoms with Gasteiger partial charge in [-0.15, -0.1) is 0 Å². The van der Waals surface area contributed by atoms with Crippen molar-refractivity contribution in [1.82, 2.24) is 4.90 Å². The first-order valence-electron chi connectivity index (χ1n) is 7.25. The average Bonchev–Trinajstić information content (AvgIpc) is 3.17. The Labute approximate surface area is 142 Å². The second-order valence-electron chi connectivity index (χ2n) is 4.93. The van der Waals surface area contributed by atoms with Crippen molar-refractivity contribution >= 4 is 40.6 Å². The van der Waals surface area contributed by atoms with E-state index in [0.717, 1.165) is 0 Å². The molecule has 1 aliphatic rings. The molecule has 1 aromatic carbocycles. The Morgan fingerprint density at radius 3 is 2.88 bits per heavy atom. The summed E-state index contributed by atoms with van der Waals surface area (Å²) in [5, 5.41) is 9.57. The summed E-state index contributed by atoms with van der Waals surface area (Å²) in [6, 6.07) is 9.82. The molecule has 24 heavy (non-hydrogen) atoms. The summed E-state index contributed by atoms with van der Waals surface area (Å²) in [4.78, 5) is 30.0. The van der Waals surface area contributed by atoms with Crippen LogP contribution in [0.2, 0.25) is 0 Å². The van der Waals surface area contributed by atoms with Gasteiger partial charge >= 0.3 is 5.97 Å². The van der Waals surface area contributed by atoms with Gasteiger partial charge in [0.25, 0.3) is 5.91 Å². The SMILES string of the molecule is CCN1C(=O)/C(=C\c2ccco2)SC1=Nc1cccc(C(=O)O)c1. The molecule has 1 amide bonds. The number of nitrogens with zero attached hydrogens (tertiary/aromatic N) is 2. The first kappa shape index (κ1) is 16.1. The molecule has 0 atom stereocenters. The molecule has 1 aromatic heterocycles. The molecular formula is C17H14N2O4S. The van der Waals surface area contributed by atoms with Crippen molar-refractivity contribution in [2.45, 2.75) is 6.92 Å². The van der Waals surface area contributed by atoms with Crippen LogP contribution in [0.15, 0.2) is 57.0 Å². The molecule has 0 radical (unpaired) electrons. The molecule has 0 bridgehead atoms. The molecule has 2 heterocycles. The molecule has 122 valence electrons. The van der Waals surface area contributed by atoms with Crippen LogP contribution in [0.3, 0.4) is 0 Å². The van der Waals surface area contributed by atoms with Crippen LogP contribution in [-0.2, 0) is 4.79 Å². The summed E-state index contributed by atoms with van der Waals surface area (Å²) < 4.78 is 5.24. The monoisotopic (exact) mass is 342 g/mol. The minimum Gasteiger partial charge on any atom is -0.478 e. The van der Waals surface area contributed by atoms with Crippen LogP contribution in [0.25, 0.3) is 6.08 Å². The Kier molecular flexibility index (Phi) is 4.52. The quantitative estimate of drug-likeness (QED) is 0.858. The van der Waals surface area contributed by atoms with Gasteiger partial charge in [0, 0.05) is 12.6 Å². The topological polar surface area (TPSA) is 83.1 Å². The van der Waals surface area contributed by atoms with Crippen LogP contribution < -0.4 is 0 Å². The molecular weight excluding hydrogens is 328 g/mol. The second kappa shape index (κ2) is 6.76. The van der Waals surface area contributed by atoms with Gasteiger partial charge in [0.2, 0.25) is 0 Å². The highest BCUT2D eigenvalue weighted by atomic mass is 32.2. The van der Waals surface area contributed by atoms with Crippen molar-refractivity contribution in [3.63, 3.8) is 0 Å². The third kappa shape index (κ3) is 3.26. The third-order valence-electron chi connectivity index (χ3n) is 3.34. The number of carbonyl (C=O) groups excluding carboxylic acids is 1. The molecule has 1 aliphatic heterocycles. The normalized spacial score (nSPS) is 17.9. The Hall–Kier alpha value is -2.80. The van der Waals surface area contributed by atoms with Gasteiger partial charge in [-0.05, 0) is 49.0 Å². The molecule has 1 saturated heterocycles. The number of aromatic carboxylic acids is 1. The van der Waals surface area contributed by atoms with Crippen molar-refractivity contribution in [2.75, 3.05) is 6.54 Å². The Morgan fingerprint density at radius 2 is 2.21 bits per heavy atom. The van der Waals surface area contributed by atoms with Crippen LogP contribution in [0.4, 0.5) is 5.69 Å². The van der Waals surface area contributed by atoms with Gasteiger partial charge in [-0.2, -0.15) is 0 Å². The number of furan rings is 1. The van der Waals surface area contributed by atoms with Gasteiger partial charge in [-0.1, -0.05) is 6.07 Å². The summed E-state index contributed by atoms with van der Waals surface area (Å²) >= 11 is 1.24. The standard InChI is InChI=1S/C17H14N2O4S/c1-2-19-15(20)14(10-13-7-4-8-23-13)24-17(19)18-12-6-3-5-11(9-12)16(21)22/h3-10H,2H2,1H3,(H,21,22)/b14-10+,18-17?. The summed E-state index contributed by atoms with van der Waals surface area (Å²) in [6.45, 7) is 2.33. The number of amidine groups is 1. The molecule has 0 aliphatic carbocycles. The number of benzene rings is 1. The molecule has 0 unspecified atom stereocenters. The van der Waals surface area contributed by atoms with Gasteiger partial charge in [0.05, 0.1) is 22.4 Å². The molecule has 0 spiro atoms. The van der Waals surface area contributed by atoms with E-state index in [1.807, 2.05) is 6.92 Å². The van der Waals surface area contributed by atoms with Gasteiger partial charge in [0.15, 0.2) is 5.17 Å². The fourth-order valence-corrected chi connectivity index (χ4v) is 3.23. The summed E-state index contributed by atoms with van der Waals surface area (Å²) in [5.74, 6) is -0.568. The van der Waals surface area contributed by atoms with Gasteiger partial charge in [-0.3, -0.25) is 9.69 Å². The van der Waals surface area contributed by atoms with Crippen LogP contribution in [0, 0.1) is 0 Å². The van der Waals surface area contributed by atoms with Crippen LogP contribution in [0.5, 0.6) is 0 Å². The van der Waals surface area contributed by atoms with Crippen molar-refractivity contribution in [2.24, 2.45) is 4.99 Å². The zero-order valence-corrected chi connectivity index (χ0v) is 13.6. The Bertz CT molecular complexity index is 840. The van der Waals surface area contributed by atoms with Crippen LogP contribution in [-0.4, -0.2) is 33.6 Å². The zero-order valence-electron chi connectivity index (χ0n) is 12.8. The number of hydrogen-bond donors (Lipinski definition) is 1. The predicted octanol–water partition coefficient (Wildman–Crippen LogP) is 3.60. The van der Waals surface area contributed by atoms with E-state index in [1.54, 1.807) is 41.5 Å². The zero-order chi connectivity index (χ0) is 17.1. The number of likely N-dealkylation sites (N-methyl/N-ethyl adjacent to an activating group) is 1. The summed E-state index contributed by atoms with van der Waals surface area (Å²) in [6.07, 6.45) is 3.21. The Balaban J connectivity index is 1.94. The first-order valence-corrected chi connectivity index (χ1v) is 8.07. The molecule has 0 saturated carbocycles. The fraction of sp³-hybridized carbons (Fsp3) is 0.118. The van der Waals surface area contributed by atoms with Crippen LogP contribution in [0.1, 0.15) is 23.0 Å². The summed E-state index contributed by atoms with van der Waals surface area (Å²) in [7, 11) is 0. The van der Waals surface area contributed by atoms with E-state index in [-0.39, 0.29) is 11.5 Å². The fourth-order valence-electron chi connectivity index (χ4n) is 2.19. The van der Waals surface area contributed by atoms with Crippen molar-refractivity contribution < 1.29 is 19.1 Å². The highest BCUT2D eigenvalue weighted by Gasteiger charge is 2.32. The minimum atomic E-state index is -1.02. The number of aliphatic imine (C=N–C) groups is 1. The second-order valence-corrected chi connectivity index (χ2v) is 5.93. The molecule has 6 nitrogen and oxygen atoms in total. The first-order chi connectivity index (χ1) is 11.6. The number of carboxylic acid groups (broad SMARTS) is 1. The van der Waals surface area contributed by atoms with E-state index in [2.05, 4.69) is 4.99 Å². The minimum absolute atomic E-state index is 0.146. The maximum atomic E-state index is 12.5. The molecule has 2 aromatic rings. The molecule has 1 fully saturated rings. The van der Waals surface area contributed by atoms with Crippen molar-refractivity contribution in [3.05, 3.63) is 58.9 Å². The van der Waals surface area contributed by atoms with Gasteiger partial charge < -0.3 is 9.52 Å². The van der Waals surface area contributed by atoms with Gasteiger partial charge in [-0.25, -0.2) is 9.79 Å². The number of carbonyl (C=O) groups is 2. The number of carboxylic acids is 1. The van der Waals surface area contributed by atoms with E-state index in [4.69, 9.17) is 9.52 Å². The lowest BCUT2D eigenvalue weighted by Crippen LogP contribution is -2.28. The number of thioether (sulfide) groups is 1. The summed E-state index contributed by atoms with van der Waals surface area (Å²) in [5.41, 5.74) is 0.642. The van der Waals surface area contributed by atoms with E-state index < -0.39 is 5.97 Å². The molecule has 1 N–H and O–H groups in total. The maximum Gasteiger partial charge on any atom is 0.335 e. The number of rotatable bonds is 4. The smallest absolute Gasteiger partial charge is 0.335 e. The van der Waals surface area contributed by atoms with Gasteiger partial charge in [0.1, 0.15) is 5.76 Å². The van der Waals surface area contributed by atoms with E-state index in [9.17, 15) is 9.59 Å². The lowest BCUT2D eigenvalue weighted by atomic mass is 10.2. The lowest BCUT2D eigenvalue weighted by molar-refractivity contribution is -0.122. The third-order valence-corrected chi connectivity index (χ3v) is 4.35. The van der Waals surface area contributed by atoms with E-state index in [0.29, 0.717) is 28.1 Å². The van der Waals surface area contributed by atoms with Crippen molar-refractivity contribution in [1.29, 1.82) is 0 Å². The predicted molar refractivity (Wildman–Crippen MR) is 92.2 cm³/mol.